The van der Waals surface area contributed by atoms with E-state index in [0.717, 1.165) is 10.0 Å². The van der Waals surface area contributed by atoms with Gasteiger partial charge in [0.1, 0.15) is 6.04 Å². The van der Waals surface area contributed by atoms with E-state index < -0.39 is 6.04 Å². The Morgan fingerprint density at radius 3 is 2.73 bits per heavy atom. The third-order valence-electron chi connectivity index (χ3n) is 2.39. The number of esters is 1. The second-order valence-corrected chi connectivity index (χ2v) is 4.31. The molecule has 2 atom stereocenters. The van der Waals surface area contributed by atoms with Gasteiger partial charge < -0.3 is 10.5 Å². The Bertz CT molecular complexity index is 354. The molecule has 1 aromatic rings. The number of rotatable bonds is 3. The van der Waals surface area contributed by atoms with E-state index in [9.17, 15) is 4.79 Å². The van der Waals surface area contributed by atoms with Gasteiger partial charge in [-0.2, -0.15) is 0 Å². The van der Waals surface area contributed by atoms with Gasteiger partial charge in [-0.25, -0.2) is 0 Å². The number of ether oxygens (including phenoxy) is 1. The Morgan fingerprint density at radius 2 is 2.20 bits per heavy atom. The number of carbonyl (C=O) groups is 1. The second-order valence-electron chi connectivity index (χ2n) is 3.39. The topological polar surface area (TPSA) is 52.3 Å². The highest BCUT2D eigenvalue weighted by atomic mass is 79.9. The average molecular weight is 272 g/mol. The minimum absolute atomic E-state index is 0.0602. The van der Waals surface area contributed by atoms with Crippen LogP contribution in [0.15, 0.2) is 28.7 Å². The van der Waals surface area contributed by atoms with Gasteiger partial charge in [-0.1, -0.05) is 35.0 Å². The van der Waals surface area contributed by atoms with E-state index >= 15 is 0 Å². The first kappa shape index (κ1) is 12.2. The van der Waals surface area contributed by atoms with Gasteiger partial charge in [-0.15, -0.1) is 0 Å². The molecular formula is C11H14BrNO2. The molecule has 15 heavy (non-hydrogen) atoms. The van der Waals surface area contributed by atoms with Crippen molar-refractivity contribution in [3.8, 4) is 0 Å². The van der Waals surface area contributed by atoms with Gasteiger partial charge in [0.05, 0.1) is 7.11 Å². The van der Waals surface area contributed by atoms with Crippen molar-refractivity contribution in [3.63, 3.8) is 0 Å². The van der Waals surface area contributed by atoms with Crippen LogP contribution in [-0.4, -0.2) is 19.1 Å². The van der Waals surface area contributed by atoms with Crippen LogP contribution in [0.25, 0.3) is 0 Å². The Labute approximate surface area is 97.7 Å². The van der Waals surface area contributed by atoms with Gasteiger partial charge in [0.25, 0.3) is 0 Å². The van der Waals surface area contributed by atoms with Crippen molar-refractivity contribution in [2.75, 3.05) is 7.11 Å². The molecule has 0 aliphatic carbocycles. The van der Waals surface area contributed by atoms with Crippen LogP contribution in [-0.2, 0) is 9.53 Å². The fourth-order valence-electron chi connectivity index (χ4n) is 1.34. The Morgan fingerprint density at radius 1 is 1.53 bits per heavy atom. The summed E-state index contributed by atoms with van der Waals surface area (Å²) in [4.78, 5) is 11.3. The Kier molecular flexibility index (Phi) is 4.29. The van der Waals surface area contributed by atoms with E-state index in [1.165, 1.54) is 7.11 Å². The van der Waals surface area contributed by atoms with E-state index in [0.29, 0.717) is 0 Å². The second kappa shape index (κ2) is 5.28. The lowest BCUT2D eigenvalue weighted by atomic mass is 9.94. The lowest BCUT2D eigenvalue weighted by molar-refractivity contribution is -0.142. The Hall–Kier alpha value is -0.870. The van der Waals surface area contributed by atoms with Crippen LogP contribution >= 0.6 is 15.9 Å². The van der Waals surface area contributed by atoms with E-state index in [1.54, 1.807) is 0 Å². The average Bonchev–Trinajstić information content (AvgIpc) is 2.26. The molecule has 3 nitrogen and oxygen atoms in total. The molecule has 0 spiro atoms. The first-order valence-electron chi connectivity index (χ1n) is 4.65. The summed E-state index contributed by atoms with van der Waals surface area (Å²) in [5.74, 6) is -0.447. The zero-order valence-corrected chi connectivity index (χ0v) is 10.3. The molecule has 0 bridgehead atoms. The number of hydrogen-bond acceptors (Lipinski definition) is 3. The number of carbonyl (C=O) groups excluding carboxylic acids is 1. The van der Waals surface area contributed by atoms with Gasteiger partial charge >= 0.3 is 5.97 Å². The van der Waals surface area contributed by atoms with Gasteiger partial charge in [0, 0.05) is 10.4 Å². The maximum atomic E-state index is 11.3. The zero-order valence-electron chi connectivity index (χ0n) is 8.74. The van der Waals surface area contributed by atoms with Crippen LogP contribution < -0.4 is 5.73 Å². The van der Waals surface area contributed by atoms with E-state index in [1.807, 2.05) is 31.2 Å². The Balaban J connectivity index is 2.84. The van der Waals surface area contributed by atoms with Crippen LogP contribution in [0.2, 0.25) is 0 Å². The highest BCUT2D eigenvalue weighted by molar-refractivity contribution is 9.10. The van der Waals surface area contributed by atoms with Gasteiger partial charge in [0.15, 0.2) is 0 Å². The smallest absolute Gasteiger partial charge is 0.323 e. The van der Waals surface area contributed by atoms with Crippen molar-refractivity contribution in [3.05, 3.63) is 34.3 Å². The molecule has 2 unspecified atom stereocenters. The van der Waals surface area contributed by atoms with Gasteiger partial charge in [-0.05, 0) is 17.7 Å². The highest BCUT2D eigenvalue weighted by Crippen LogP contribution is 2.22. The molecule has 0 amide bonds. The number of halogens is 1. The molecule has 82 valence electrons. The molecule has 0 radical (unpaired) electrons. The van der Waals surface area contributed by atoms with Crippen molar-refractivity contribution < 1.29 is 9.53 Å². The minimum atomic E-state index is -0.621. The molecule has 1 rings (SSSR count). The number of methoxy groups -OCH3 is 1. The third-order valence-corrected chi connectivity index (χ3v) is 2.88. The molecule has 2 N–H and O–H groups in total. The van der Waals surface area contributed by atoms with Gasteiger partial charge in [-0.3, -0.25) is 4.79 Å². The summed E-state index contributed by atoms with van der Waals surface area (Å²) < 4.78 is 5.59. The SMILES string of the molecule is COC(=O)C(N)C(C)c1cccc(Br)c1. The standard InChI is InChI=1S/C11H14BrNO2/c1-7(10(13)11(14)15-2)8-4-3-5-9(12)6-8/h3-7,10H,13H2,1-2H3. The van der Waals surface area contributed by atoms with E-state index in [4.69, 9.17) is 5.73 Å². The lowest BCUT2D eigenvalue weighted by Gasteiger charge is -2.18. The largest absolute Gasteiger partial charge is 0.468 e. The first-order valence-corrected chi connectivity index (χ1v) is 5.44. The van der Waals surface area contributed by atoms with Gasteiger partial charge in [0.2, 0.25) is 0 Å². The quantitative estimate of drug-likeness (QED) is 0.857. The predicted molar refractivity (Wildman–Crippen MR) is 62.5 cm³/mol. The summed E-state index contributed by atoms with van der Waals surface area (Å²) in [7, 11) is 1.34. The summed E-state index contributed by atoms with van der Waals surface area (Å²) in [5.41, 5.74) is 6.78. The van der Waals surface area contributed by atoms with E-state index in [2.05, 4.69) is 20.7 Å². The van der Waals surface area contributed by atoms with Crippen LogP contribution in [0.5, 0.6) is 0 Å². The summed E-state index contributed by atoms with van der Waals surface area (Å²) >= 11 is 3.38. The molecule has 4 heteroatoms. The maximum Gasteiger partial charge on any atom is 0.323 e. The summed E-state index contributed by atoms with van der Waals surface area (Å²) in [5, 5.41) is 0. The van der Waals surface area contributed by atoms with Crippen LogP contribution in [0.3, 0.4) is 0 Å². The van der Waals surface area contributed by atoms with Crippen molar-refractivity contribution in [1.29, 1.82) is 0 Å². The third kappa shape index (κ3) is 3.04. The van der Waals surface area contributed by atoms with Crippen molar-refractivity contribution >= 4 is 21.9 Å². The predicted octanol–water partition coefficient (Wildman–Crippen LogP) is 2.05. The summed E-state index contributed by atoms with van der Waals surface area (Å²) in [6.07, 6.45) is 0. The first-order chi connectivity index (χ1) is 7.06. The minimum Gasteiger partial charge on any atom is -0.468 e. The zero-order chi connectivity index (χ0) is 11.4. The maximum absolute atomic E-state index is 11.3. The lowest BCUT2D eigenvalue weighted by Crippen LogP contribution is -2.36. The van der Waals surface area contributed by atoms with E-state index in [-0.39, 0.29) is 11.9 Å². The molecule has 0 fully saturated rings. The van der Waals surface area contributed by atoms with Crippen LogP contribution in [0.1, 0.15) is 18.4 Å². The monoisotopic (exact) mass is 271 g/mol. The summed E-state index contributed by atoms with van der Waals surface area (Å²) in [6, 6.07) is 7.12. The molecular weight excluding hydrogens is 258 g/mol. The fraction of sp³-hybridized carbons (Fsp3) is 0.364. The van der Waals surface area contributed by atoms with Crippen LogP contribution in [0, 0.1) is 0 Å². The normalized spacial score (nSPS) is 14.4. The molecule has 0 heterocycles. The molecule has 0 aliphatic heterocycles. The number of benzene rings is 1. The van der Waals surface area contributed by atoms with Crippen molar-refractivity contribution in [1.82, 2.24) is 0 Å². The molecule has 0 saturated carbocycles. The van der Waals surface area contributed by atoms with Crippen LogP contribution in [0.4, 0.5) is 0 Å². The van der Waals surface area contributed by atoms with Crippen molar-refractivity contribution in [2.45, 2.75) is 18.9 Å². The number of hydrogen-bond donors (Lipinski definition) is 1. The number of nitrogens with two attached hydrogens (primary N) is 1. The molecule has 0 aromatic heterocycles. The molecule has 0 aliphatic rings. The summed E-state index contributed by atoms with van der Waals surface area (Å²) in [6.45, 7) is 1.91. The highest BCUT2D eigenvalue weighted by Gasteiger charge is 2.22. The fourth-order valence-corrected chi connectivity index (χ4v) is 1.75. The van der Waals surface area contributed by atoms with Crippen molar-refractivity contribution in [2.24, 2.45) is 5.73 Å². The molecule has 0 saturated heterocycles. The molecule has 1 aromatic carbocycles.